The molecule has 0 bridgehead atoms. The third-order valence-electron chi connectivity index (χ3n) is 3.72. The normalized spacial score (nSPS) is 10.3. The molecule has 2 amide bonds. The molecular weight excluding hydrogens is 336 g/mol. The summed E-state index contributed by atoms with van der Waals surface area (Å²) in [6.45, 7) is 0. The lowest BCUT2D eigenvalue weighted by Gasteiger charge is -2.09. The fourth-order valence-electron chi connectivity index (χ4n) is 2.48. The predicted octanol–water partition coefficient (Wildman–Crippen LogP) is 1.81. The van der Waals surface area contributed by atoms with Gasteiger partial charge >= 0.3 is 5.63 Å². The smallest absolute Gasteiger partial charge is 0.337 e. The second-order valence-corrected chi connectivity index (χ2v) is 5.51. The van der Waals surface area contributed by atoms with Crippen LogP contribution in [-0.2, 0) is 11.2 Å². The van der Waals surface area contributed by atoms with Gasteiger partial charge in [-0.05, 0) is 17.7 Å². The first-order valence-corrected chi connectivity index (χ1v) is 7.82. The molecule has 132 valence electrons. The van der Waals surface area contributed by atoms with E-state index in [0.717, 1.165) is 11.6 Å². The van der Waals surface area contributed by atoms with Gasteiger partial charge in [-0.3, -0.25) is 20.4 Å². The van der Waals surface area contributed by atoms with Gasteiger partial charge in [0.25, 0.3) is 5.91 Å². The summed E-state index contributed by atoms with van der Waals surface area (Å²) in [6.07, 6.45) is 0.121. The molecule has 0 saturated carbocycles. The molecule has 0 fully saturated rings. The zero-order chi connectivity index (χ0) is 18.5. The Bertz CT molecular complexity index is 1010. The Morgan fingerprint density at radius 3 is 2.54 bits per heavy atom. The average molecular weight is 352 g/mol. The highest BCUT2D eigenvalue weighted by molar-refractivity contribution is 6.06. The molecule has 0 radical (unpaired) electrons. The van der Waals surface area contributed by atoms with Crippen LogP contribution in [0.3, 0.4) is 0 Å². The summed E-state index contributed by atoms with van der Waals surface area (Å²) in [5.41, 5.74) is 5.12. The maximum Gasteiger partial charge on any atom is 0.337 e. The highest BCUT2D eigenvalue weighted by Gasteiger charge is 2.14. The van der Waals surface area contributed by atoms with Crippen molar-refractivity contribution in [3.05, 3.63) is 76.1 Å². The number of carbonyl (C=O) groups excluding carboxylic acids is 2. The van der Waals surface area contributed by atoms with E-state index in [1.54, 1.807) is 12.1 Å². The molecular formula is C19H16N2O5. The number of hydrogen-bond acceptors (Lipinski definition) is 5. The van der Waals surface area contributed by atoms with Gasteiger partial charge in [-0.2, -0.15) is 0 Å². The van der Waals surface area contributed by atoms with Crippen LogP contribution in [0.4, 0.5) is 0 Å². The SMILES string of the molecule is COc1ccc2c(C(=O)NNC(=O)Cc3ccccc3)cc(=O)oc2c1. The summed E-state index contributed by atoms with van der Waals surface area (Å²) < 4.78 is 10.2. The van der Waals surface area contributed by atoms with Crippen LogP contribution in [0.1, 0.15) is 15.9 Å². The fourth-order valence-corrected chi connectivity index (χ4v) is 2.48. The number of nitrogens with one attached hydrogen (secondary N) is 2. The van der Waals surface area contributed by atoms with Crippen molar-refractivity contribution in [1.29, 1.82) is 0 Å². The van der Waals surface area contributed by atoms with Gasteiger partial charge in [-0.1, -0.05) is 30.3 Å². The van der Waals surface area contributed by atoms with E-state index in [4.69, 9.17) is 9.15 Å². The van der Waals surface area contributed by atoms with E-state index in [2.05, 4.69) is 10.9 Å². The minimum absolute atomic E-state index is 0.0962. The van der Waals surface area contributed by atoms with Crippen LogP contribution in [0.2, 0.25) is 0 Å². The molecule has 0 aliphatic carbocycles. The predicted molar refractivity (Wildman–Crippen MR) is 94.8 cm³/mol. The van der Waals surface area contributed by atoms with Crippen LogP contribution < -0.4 is 21.2 Å². The molecule has 3 aromatic rings. The largest absolute Gasteiger partial charge is 0.497 e. The van der Waals surface area contributed by atoms with E-state index >= 15 is 0 Å². The molecule has 26 heavy (non-hydrogen) atoms. The topological polar surface area (TPSA) is 97.6 Å². The van der Waals surface area contributed by atoms with E-state index < -0.39 is 11.5 Å². The fraction of sp³-hybridized carbons (Fsp3) is 0.105. The number of benzene rings is 2. The van der Waals surface area contributed by atoms with Crippen LogP contribution >= 0.6 is 0 Å². The van der Waals surface area contributed by atoms with Gasteiger partial charge in [0.2, 0.25) is 5.91 Å². The number of fused-ring (bicyclic) bond motifs is 1. The Morgan fingerprint density at radius 1 is 1.04 bits per heavy atom. The molecule has 2 aromatic carbocycles. The molecule has 0 unspecified atom stereocenters. The molecule has 0 atom stereocenters. The lowest BCUT2D eigenvalue weighted by atomic mass is 10.1. The highest BCUT2D eigenvalue weighted by atomic mass is 16.5. The second kappa shape index (κ2) is 7.52. The van der Waals surface area contributed by atoms with E-state index in [-0.39, 0.29) is 23.5 Å². The van der Waals surface area contributed by atoms with Crippen molar-refractivity contribution in [3.63, 3.8) is 0 Å². The zero-order valence-corrected chi connectivity index (χ0v) is 13.9. The van der Waals surface area contributed by atoms with Gasteiger partial charge in [0.1, 0.15) is 11.3 Å². The molecule has 7 heteroatoms. The molecule has 2 N–H and O–H groups in total. The van der Waals surface area contributed by atoms with Crippen LogP contribution in [0.25, 0.3) is 11.0 Å². The van der Waals surface area contributed by atoms with Gasteiger partial charge in [0, 0.05) is 17.5 Å². The Kier molecular flexibility index (Phi) is 4.98. The van der Waals surface area contributed by atoms with Crippen molar-refractivity contribution < 1.29 is 18.7 Å². The summed E-state index contributed by atoms with van der Waals surface area (Å²) >= 11 is 0. The quantitative estimate of drug-likeness (QED) is 0.551. The second-order valence-electron chi connectivity index (χ2n) is 5.51. The van der Waals surface area contributed by atoms with Gasteiger partial charge in [-0.15, -0.1) is 0 Å². The van der Waals surface area contributed by atoms with Crippen LogP contribution in [0.15, 0.2) is 63.8 Å². The average Bonchev–Trinajstić information content (AvgIpc) is 2.65. The molecule has 0 spiro atoms. The van der Waals surface area contributed by atoms with Crippen molar-refractivity contribution >= 4 is 22.8 Å². The standard InChI is InChI=1S/C19H16N2O5/c1-25-13-7-8-14-15(11-18(23)26-16(14)10-13)19(24)21-20-17(22)9-12-5-3-2-4-6-12/h2-8,10-11H,9H2,1H3,(H,20,22)(H,21,24). The number of rotatable bonds is 4. The van der Waals surface area contributed by atoms with Gasteiger partial charge in [-0.25, -0.2) is 4.79 Å². The molecule has 0 aliphatic heterocycles. The molecule has 0 aliphatic rings. The Hall–Kier alpha value is -3.61. The van der Waals surface area contributed by atoms with Crippen molar-refractivity contribution in [2.24, 2.45) is 0 Å². The molecule has 0 saturated heterocycles. The lowest BCUT2D eigenvalue weighted by molar-refractivity contribution is -0.121. The van der Waals surface area contributed by atoms with Gasteiger partial charge < -0.3 is 9.15 Å². The van der Waals surface area contributed by atoms with Gasteiger partial charge in [0.15, 0.2) is 0 Å². The lowest BCUT2D eigenvalue weighted by Crippen LogP contribution is -2.42. The Balaban J connectivity index is 1.75. The maximum atomic E-state index is 12.4. The van der Waals surface area contributed by atoms with Crippen molar-refractivity contribution in [2.75, 3.05) is 7.11 Å². The van der Waals surface area contributed by atoms with Crippen molar-refractivity contribution in [2.45, 2.75) is 6.42 Å². The Labute approximate surface area is 148 Å². The first-order chi connectivity index (χ1) is 12.6. The summed E-state index contributed by atoms with van der Waals surface area (Å²) in [5.74, 6) is -0.498. The summed E-state index contributed by atoms with van der Waals surface area (Å²) in [5, 5.41) is 0.431. The molecule has 1 heterocycles. The monoisotopic (exact) mass is 352 g/mol. The first kappa shape index (κ1) is 17.2. The Morgan fingerprint density at radius 2 is 1.81 bits per heavy atom. The van der Waals surface area contributed by atoms with Gasteiger partial charge in [0.05, 0.1) is 19.1 Å². The number of carbonyl (C=O) groups is 2. The highest BCUT2D eigenvalue weighted by Crippen LogP contribution is 2.22. The third-order valence-corrected chi connectivity index (χ3v) is 3.72. The number of hydrazine groups is 1. The zero-order valence-electron chi connectivity index (χ0n) is 13.9. The number of amides is 2. The van der Waals surface area contributed by atoms with Crippen molar-refractivity contribution in [1.82, 2.24) is 10.9 Å². The van der Waals surface area contributed by atoms with Crippen LogP contribution in [-0.4, -0.2) is 18.9 Å². The van der Waals surface area contributed by atoms with Crippen LogP contribution in [0, 0.1) is 0 Å². The summed E-state index contributed by atoms with van der Waals surface area (Å²) in [7, 11) is 1.48. The summed E-state index contributed by atoms with van der Waals surface area (Å²) in [4.78, 5) is 36.0. The van der Waals surface area contributed by atoms with Crippen molar-refractivity contribution in [3.8, 4) is 5.75 Å². The number of hydrogen-bond donors (Lipinski definition) is 2. The molecule has 1 aromatic heterocycles. The number of methoxy groups -OCH3 is 1. The number of ether oxygens (including phenoxy) is 1. The minimum atomic E-state index is -0.675. The minimum Gasteiger partial charge on any atom is -0.497 e. The molecule has 7 nitrogen and oxygen atoms in total. The summed E-state index contributed by atoms with van der Waals surface area (Å²) in [6, 6.07) is 15.0. The van der Waals surface area contributed by atoms with E-state index in [1.165, 1.54) is 13.2 Å². The maximum absolute atomic E-state index is 12.4. The van der Waals surface area contributed by atoms with E-state index in [0.29, 0.717) is 11.1 Å². The van der Waals surface area contributed by atoms with E-state index in [9.17, 15) is 14.4 Å². The van der Waals surface area contributed by atoms with Crippen LogP contribution in [0.5, 0.6) is 5.75 Å². The third kappa shape index (κ3) is 3.89. The van der Waals surface area contributed by atoms with E-state index in [1.807, 2.05) is 30.3 Å². The molecule has 3 rings (SSSR count). The first-order valence-electron chi connectivity index (χ1n) is 7.82.